The third kappa shape index (κ3) is 5.38. The average Bonchev–Trinajstić information content (AvgIpc) is 3.25. The number of rotatable bonds is 7. The van der Waals surface area contributed by atoms with Crippen LogP contribution in [0.25, 0.3) is 0 Å². The molecular formula is C20H19F3N4O6S. The van der Waals surface area contributed by atoms with Gasteiger partial charge in [-0.1, -0.05) is 0 Å². The normalized spacial score (nSPS) is 18.4. The Balaban J connectivity index is 1.40. The van der Waals surface area contributed by atoms with Crippen LogP contribution in [0.3, 0.4) is 0 Å². The average molecular weight is 500 g/mol. The van der Waals surface area contributed by atoms with Crippen LogP contribution in [-0.4, -0.2) is 72.7 Å². The van der Waals surface area contributed by atoms with Gasteiger partial charge in [-0.25, -0.2) is 13.4 Å². The fraction of sp³-hybridized carbons (Fsp3) is 0.400. The van der Waals surface area contributed by atoms with E-state index in [-0.39, 0.29) is 30.3 Å². The Kier molecular flexibility index (Phi) is 6.10. The lowest BCUT2D eigenvalue weighted by molar-refractivity contribution is -0.154. The van der Waals surface area contributed by atoms with Gasteiger partial charge in [0.1, 0.15) is 11.6 Å². The van der Waals surface area contributed by atoms with Gasteiger partial charge in [-0.05, 0) is 12.1 Å². The Labute approximate surface area is 192 Å². The second-order valence-corrected chi connectivity index (χ2v) is 9.98. The number of carbonyl (C=O) groups excluding carboxylic acids is 2. The Hall–Kier alpha value is -3.42. The highest BCUT2D eigenvalue weighted by atomic mass is 32.2. The first-order valence-corrected chi connectivity index (χ1v) is 12.1. The van der Waals surface area contributed by atoms with Crippen molar-refractivity contribution in [1.82, 2.24) is 14.9 Å². The molecule has 0 spiro atoms. The van der Waals surface area contributed by atoms with E-state index >= 15 is 0 Å². The molecule has 2 aromatic rings. The first-order chi connectivity index (χ1) is 15.9. The predicted molar refractivity (Wildman–Crippen MR) is 111 cm³/mol. The molecular weight excluding hydrogens is 481 g/mol. The van der Waals surface area contributed by atoms with Gasteiger partial charge >= 0.3 is 6.18 Å². The Morgan fingerprint density at radius 1 is 1.18 bits per heavy atom. The minimum absolute atomic E-state index is 0.0663. The molecule has 2 amide bonds. The molecule has 1 atom stereocenters. The van der Waals surface area contributed by atoms with Crippen LogP contribution >= 0.6 is 0 Å². The molecule has 14 heteroatoms. The summed E-state index contributed by atoms with van der Waals surface area (Å²) in [5, 5.41) is 0. The topological polar surface area (TPSA) is 119 Å². The molecule has 0 saturated carbocycles. The van der Waals surface area contributed by atoms with Gasteiger partial charge in [0.2, 0.25) is 5.88 Å². The highest BCUT2D eigenvalue weighted by molar-refractivity contribution is 7.90. The van der Waals surface area contributed by atoms with E-state index in [9.17, 15) is 31.2 Å². The van der Waals surface area contributed by atoms with E-state index in [1.165, 1.54) is 34.2 Å². The van der Waals surface area contributed by atoms with E-state index in [0.717, 1.165) is 12.5 Å². The van der Waals surface area contributed by atoms with Crippen molar-refractivity contribution >= 4 is 27.3 Å². The number of anilines is 1. The maximum absolute atomic E-state index is 12.9. The summed E-state index contributed by atoms with van der Waals surface area (Å²) in [6, 6.07) is 4.05. The quantitative estimate of drug-likeness (QED) is 0.562. The summed E-state index contributed by atoms with van der Waals surface area (Å²) in [5.74, 6) is -1.35. The summed E-state index contributed by atoms with van der Waals surface area (Å²) in [6.45, 7) is -1.12. The Bertz CT molecular complexity index is 1220. The lowest BCUT2D eigenvalue weighted by Gasteiger charge is -2.17. The molecule has 2 aliphatic heterocycles. The van der Waals surface area contributed by atoms with E-state index in [2.05, 4.69) is 14.7 Å². The zero-order valence-corrected chi connectivity index (χ0v) is 18.6. The number of carbonyl (C=O) groups is 2. The van der Waals surface area contributed by atoms with Gasteiger partial charge in [0, 0.05) is 25.3 Å². The fourth-order valence-corrected chi connectivity index (χ4v) is 4.39. The van der Waals surface area contributed by atoms with Crippen molar-refractivity contribution in [3.63, 3.8) is 0 Å². The molecule has 34 heavy (non-hydrogen) atoms. The summed E-state index contributed by atoms with van der Waals surface area (Å²) in [6.07, 6.45) is -1.41. The number of sulfone groups is 1. The molecule has 1 fully saturated rings. The van der Waals surface area contributed by atoms with Crippen LogP contribution in [0.4, 0.5) is 18.9 Å². The molecule has 4 rings (SSSR count). The summed E-state index contributed by atoms with van der Waals surface area (Å²) in [5.41, 5.74) is 1.03. The van der Waals surface area contributed by atoms with E-state index < -0.39 is 46.4 Å². The molecule has 0 bridgehead atoms. The van der Waals surface area contributed by atoms with Gasteiger partial charge in [0.05, 0.1) is 35.9 Å². The molecule has 2 aromatic heterocycles. The van der Waals surface area contributed by atoms with Gasteiger partial charge in [0.25, 0.3) is 11.8 Å². The fourth-order valence-electron chi connectivity index (χ4n) is 3.61. The molecule has 182 valence electrons. The number of ether oxygens (including phenoxy) is 2. The summed E-state index contributed by atoms with van der Waals surface area (Å²) in [7, 11) is -3.41. The number of hydrogen-bond donors (Lipinski definition) is 0. The standard InChI is InChI=1S/C20H19F3N4O6S/c1-34(30,31)11-26-9-15-14(18(26)28)6-12(7-24-15)27-5-4-16(19(27)29)33-13-2-3-17(25-8-13)32-10-20(21,22)23/h2-3,6-8,16H,4-5,9-11H2,1H3/t16-/m1/s1. The number of amides is 2. The van der Waals surface area contributed by atoms with Crippen LogP contribution < -0.4 is 14.4 Å². The Morgan fingerprint density at radius 2 is 1.94 bits per heavy atom. The van der Waals surface area contributed by atoms with Crippen molar-refractivity contribution in [2.75, 3.05) is 30.2 Å². The minimum atomic E-state index is -4.49. The highest BCUT2D eigenvalue weighted by Gasteiger charge is 2.37. The lowest BCUT2D eigenvalue weighted by atomic mass is 10.2. The van der Waals surface area contributed by atoms with Gasteiger partial charge in [-0.3, -0.25) is 14.6 Å². The van der Waals surface area contributed by atoms with Gasteiger partial charge in [0.15, 0.2) is 22.5 Å². The minimum Gasteiger partial charge on any atom is -0.479 e. The number of fused-ring (bicyclic) bond motifs is 1. The number of halogens is 3. The van der Waals surface area contributed by atoms with Crippen molar-refractivity contribution in [1.29, 1.82) is 0 Å². The number of pyridine rings is 2. The van der Waals surface area contributed by atoms with Crippen LogP contribution in [0.2, 0.25) is 0 Å². The van der Waals surface area contributed by atoms with Crippen LogP contribution in [0, 0.1) is 0 Å². The zero-order valence-electron chi connectivity index (χ0n) is 17.8. The summed E-state index contributed by atoms with van der Waals surface area (Å²) < 4.78 is 69.9. The second kappa shape index (κ2) is 8.74. The van der Waals surface area contributed by atoms with Crippen molar-refractivity contribution in [2.24, 2.45) is 0 Å². The van der Waals surface area contributed by atoms with Crippen LogP contribution in [0.5, 0.6) is 11.6 Å². The van der Waals surface area contributed by atoms with E-state index in [1.54, 1.807) is 0 Å². The zero-order chi connectivity index (χ0) is 24.7. The highest BCUT2D eigenvalue weighted by Crippen LogP contribution is 2.29. The smallest absolute Gasteiger partial charge is 0.422 e. The Morgan fingerprint density at radius 3 is 2.59 bits per heavy atom. The first kappa shape index (κ1) is 23.7. The monoisotopic (exact) mass is 500 g/mol. The number of hydrogen-bond acceptors (Lipinski definition) is 8. The number of nitrogens with zero attached hydrogens (tertiary/aromatic N) is 4. The van der Waals surface area contributed by atoms with Crippen molar-refractivity contribution in [3.05, 3.63) is 41.9 Å². The van der Waals surface area contributed by atoms with Crippen molar-refractivity contribution < 1.29 is 40.7 Å². The van der Waals surface area contributed by atoms with E-state index in [1.807, 2.05) is 0 Å². The second-order valence-electron chi connectivity index (χ2n) is 7.87. The number of aromatic nitrogens is 2. The third-order valence-electron chi connectivity index (χ3n) is 5.04. The van der Waals surface area contributed by atoms with Crippen LogP contribution in [0.15, 0.2) is 30.6 Å². The molecule has 0 aromatic carbocycles. The van der Waals surface area contributed by atoms with Gasteiger partial charge in [-0.15, -0.1) is 0 Å². The van der Waals surface area contributed by atoms with Gasteiger partial charge < -0.3 is 19.3 Å². The van der Waals surface area contributed by atoms with E-state index in [4.69, 9.17) is 4.74 Å². The van der Waals surface area contributed by atoms with Crippen molar-refractivity contribution in [3.8, 4) is 11.6 Å². The third-order valence-corrected chi connectivity index (χ3v) is 5.82. The summed E-state index contributed by atoms with van der Waals surface area (Å²) >= 11 is 0. The SMILES string of the molecule is CS(=O)(=O)CN1Cc2ncc(N3CC[C@@H](Oc4ccc(OCC(F)(F)F)nc4)C3=O)cc2C1=O. The predicted octanol–water partition coefficient (Wildman–Crippen LogP) is 1.56. The largest absolute Gasteiger partial charge is 0.479 e. The maximum atomic E-state index is 12.9. The summed E-state index contributed by atoms with van der Waals surface area (Å²) in [4.78, 5) is 36.0. The molecule has 0 N–H and O–H groups in total. The molecule has 10 nitrogen and oxygen atoms in total. The van der Waals surface area contributed by atoms with Crippen molar-refractivity contribution in [2.45, 2.75) is 25.2 Å². The molecule has 2 aliphatic rings. The van der Waals surface area contributed by atoms with Crippen LogP contribution in [0.1, 0.15) is 22.5 Å². The lowest BCUT2D eigenvalue weighted by Crippen LogP contribution is -2.32. The molecule has 4 heterocycles. The van der Waals surface area contributed by atoms with Gasteiger partial charge in [-0.2, -0.15) is 13.2 Å². The molecule has 0 unspecified atom stereocenters. The molecule has 0 radical (unpaired) electrons. The maximum Gasteiger partial charge on any atom is 0.422 e. The molecule has 1 saturated heterocycles. The molecule has 0 aliphatic carbocycles. The van der Waals surface area contributed by atoms with E-state index in [0.29, 0.717) is 17.8 Å². The van der Waals surface area contributed by atoms with Crippen LogP contribution in [-0.2, 0) is 21.2 Å². The number of alkyl halides is 3. The first-order valence-electron chi connectivity index (χ1n) is 9.99.